The Labute approximate surface area is 850 Å². The van der Waals surface area contributed by atoms with Crippen LogP contribution in [0.15, 0.2) is 152 Å². The summed E-state index contributed by atoms with van der Waals surface area (Å²) in [6, 6.07) is 39.2. The highest BCUT2D eigenvalue weighted by Crippen LogP contribution is 2.41. The van der Waals surface area contributed by atoms with Gasteiger partial charge >= 0.3 is 0 Å². The van der Waals surface area contributed by atoms with Crippen LogP contribution in [0, 0.1) is 48.5 Å². The number of hydrogen-bond donors (Lipinski definition) is 5. The van der Waals surface area contributed by atoms with E-state index in [0.717, 1.165) is 241 Å². The number of carbonyl (C=O) groups excluding carboxylic acids is 5. The molecular weight excluding hydrogens is 1900 g/mol. The van der Waals surface area contributed by atoms with Gasteiger partial charge in [-0.1, -0.05) is 141 Å². The summed E-state index contributed by atoms with van der Waals surface area (Å²) in [5.74, 6) is 0.491. The molecule has 0 aliphatic carbocycles. The van der Waals surface area contributed by atoms with Gasteiger partial charge in [0.25, 0.3) is 29.5 Å². The molecule has 20 rings (SSSR count). The van der Waals surface area contributed by atoms with Gasteiger partial charge in [-0.15, -0.1) is 0 Å². The van der Waals surface area contributed by atoms with Gasteiger partial charge < -0.3 is 59.9 Å². The number of rotatable bonds is 20. The van der Waals surface area contributed by atoms with E-state index >= 15 is 0 Å². The normalized spacial score (nSPS) is 15.2. The Morgan fingerprint density at radius 1 is 0.329 bits per heavy atom. The van der Waals surface area contributed by atoms with Crippen molar-refractivity contribution in [2.75, 3.05) is 113 Å². The van der Waals surface area contributed by atoms with Gasteiger partial charge in [0.15, 0.2) is 28.2 Å². The third kappa shape index (κ3) is 23.5. The Morgan fingerprint density at radius 3 is 0.804 bits per heavy atom. The molecule has 15 heterocycles. The molecule has 5 amide bonds. The lowest BCUT2D eigenvalue weighted by atomic mass is 10.0. The zero-order chi connectivity index (χ0) is 101. The summed E-state index contributed by atoms with van der Waals surface area (Å²) >= 11 is 25.9. The molecule has 5 aromatic carbocycles. The maximum Gasteiger partial charge on any atom is 0.261 e. The molecule has 32 nitrogen and oxygen atoms in total. The Kier molecular flexibility index (Phi) is 33.6. The number of hydrogen-bond acceptors (Lipinski definition) is 22. The highest BCUT2D eigenvalue weighted by Gasteiger charge is 2.33. The minimum absolute atomic E-state index is 0.232. The molecule has 5 fully saturated rings. The molecular formula is C107H121Cl4N21O11. The van der Waals surface area contributed by atoms with Crippen molar-refractivity contribution in [2.45, 2.75) is 189 Å². The quantitative estimate of drug-likeness (QED) is 0.0473. The van der Waals surface area contributed by atoms with Crippen LogP contribution in [0.3, 0.4) is 0 Å². The number of aromatic nitrogens is 15. The largest absolute Gasteiger partial charge is 0.495 e. The van der Waals surface area contributed by atoms with Crippen molar-refractivity contribution in [1.82, 2.24) is 78.7 Å². The number of anilines is 5. The van der Waals surface area contributed by atoms with Crippen LogP contribution >= 0.6 is 46.4 Å². The van der Waals surface area contributed by atoms with Crippen LogP contribution in [0.25, 0.3) is 55.2 Å². The van der Waals surface area contributed by atoms with Crippen molar-refractivity contribution in [2.24, 2.45) is 0 Å². The fourth-order valence-corrected chi connectivity index (χ4v) is 19.8. The molecule has 0 saturated carbocycles. The van der Waals surface area contributed by atoms with Crippen molar-refractivity contribution in [1.29, 1.82) is 0 Å². The average Bonchev–Trinajstić information content (AvgIpc) is 2.07. The molecule has 5 N–H and O–H groups in total. The average molecular weight is 2020 g/mol. The molecule has 36 heteroatoms. The first-order valence-corrected chi connectivity index (χ1v) is 50.2. The number of piperidine rings is 1. The molecule has 0 bridgehead atoms. The summed E-state index contributed by atoms with van der Waals surface area (Å²) in [6.07, 6.45) is 17.0. The lowest BCUT2D eigenvalue weighted by Crippen LogP contribution is -2.34. The maximum absolute atomic E-state index is 12.9. The number of nitrogens with zero attached hydrogens (tertiary/aromatic N) is 16. The second kappa shape index (κ2) is 46.7. The number of ether oxygens (including phenoxy) is 6. The Bertz CT molecular complexity index is 6910. The number of halogens is 4. The molecule has 5 saturated heterocycles. The number of carbonyl (C=O) groups is 5. The molecule has 5 aliphatic rings. The third-order valence-electron chi connectivity index (χ3n) is 26.7. The number of benzene rings is 5. The zero-order valence-electron chi connectivity index (χ0n) is 83.0. The van der Waals surface area contributed by atoms with Crippen LogP contribution in [-0.4, -0.2) is 195 Å². The second-order valence-electron chi connectivity index (χ2n) is 37.1. The Hall–Kier alpha value is -12.9. The molecule has 0 atom stereocenters. The molecule has 15 aromatic rings. The second-order valence-corrected chi connectivity index (χ2v) is 38.7. The highest BCUT2D eigenvalue weighted by molar-refractivity contribution is 6.40. The third-order valence-corrected chi connectivity index (χ3v) is 28.1. The summed E-state index contributed by atoms with van der Waals surface area (Å²) in [4.78, 5) is 89.5. The first-order chi connectivity index (χ1) is 69.0. The predicted octanol–water partition coefficient (Wildman–Crippen LogP) is 22.5. The summed E-state index contributed by atoms with van der Waals surface area (Å²) in [7, 11) is 3.13. The summed E-state index contributed by atoms with van der Waals surface area (Å²) in [5, 5.41) is 43.5. The van der Waals surface area contributed by atoms with Crippen molar-refractivity contribution in [3.05, 3.63) is 251 Å². The van der Waals surface area contributed by atoms with Gasteiger partial charge in [-0.25, -0.2) is 48.3 Å². The number of fused-ring (bicyclic) bond motifs is 5. The SMILES string of the molecule is CCN1CCC(n2nc(C)c3c(Cl)c(C(=O)Nc4ccc(C(C)C)cc4)cnc32)CC1.COc1c(C(=O)Nc2ccc(C)cc2)cnc2c1c(C)nn2C1CCOCC1.COc1c(C(=O)Nc2ccc(Cl)cc2)cnc2c1c(C)nn2C1CCOCC1.Cc1ccc(NC(=O)c2cnc3c(c(C)nn3C3CCOCC3)c2Cl)cc1.Cc1nn(C2CCOCC2)c2ncc(C(=O)Nc3ccc(C(C)C)cc3)c(Cl)c12. The van der Waals surface area contributed by atoms with Gasteiger partial charge in [0.1, 0.15) is 22.6 Å². The van der Waals surface area contributed by atoms with Gasteiger partial charge in [-0.3, -0.25) is 24.0 Å². The molecule has 0 spiro atoms. The van der Waals surface area contributed by atoms with Crippen molar-refractivity contribution in [3.8, 4) is 11.5 Å². The summed E-state index contributed by atoms with van der Waals surface area (Å²) < 4.78 is 42.8. The number of pyridine rings is 5. The van der Waals surface area contributed by atoms with Crippen molar-refractivity contribution < 1.29 is 52.4 Å². The molecule has 5 aliphatic heterocycles. The van der Waals surface area contributed by atoms with E-state index in [1.54, 1.807) is 63.3 Å². The fourth-order valence-electron chi connectivity index (χ4n) is 18.6. The van der Waals surface area contributed by atoms with Crippen molar-refractivity contribution >= 4 is 160 Å². The predicted molar refractivity (Wildman–Crippen MR) is 561 cm³/mol. The van der Waals surface area contributed by atoms with E-state index in [0.29, 0.717) is 96.2 Å². The van der Waals surface area contributed by atoms with E-state index in [-0.39, 0.29) is 53.7 Å². The zero-order valence-corrected chi connectivity index (χ0v) is 86.0. The summed E-state index contributed by atoms with van der Waals surface area (Å²) in [6.45, 7) is 33.2. The van der Waals surface area contributed by atoms with E-state index in [1.165, 1.54) is 17.3 Å². The van der Waals surface area contributed by atoms with Crippen LogP contribution in [-0.2, 0) is 18.9 Å². The van der Waals surface area contributed by atoms with Gasteiger partial charge in [-0.05, 0) is 215 Å². The first-order valence-electron chi connectivity index (χ1n) is 48.7. The van der Waals surface area contributed by atoms with Gasteiger partial charge in [0, 0.05) is 130 Å². The lowest BCUT2D eigenvalue weighted by Gasteiger charge is -2.31. The molecule has 748 valence electrons. The Balaban J connectivity index is 0.000000128. The van der Waals surface area contributed by atoms with Crippen LogP contribution in [0.1, 0.15) is 243 Å². The molecule has 143 heavy (non-hydrogen) atoms. The maximum atomic E-state index is 12.9. The van der Waals surface area contributed by atoms with E-state index in [2.05, 4.69) is 106 Å². The Morgan fingerprint density at radius 2 is 0.552 bits per heavy atom. The monoisotopic (exact) mass is 2020 g/mol. The van der Waals surface area contributed by atoms with E-state index < -0.39 is 0 Å². The van der Waals surface area contributed by atoms with E-state index in [4.69, 9.17) is 85.0 Å². The number of methoxy groups -OCH3 is 2. The smallest absolute Gasteiger partial charge is 0.261 e. The van der Waals surface area contributed by atoms with Gasteiger partial charge in [0.05, 0.1) is 132 Å². The first kappa shape index (κ1) is 103. The molecule has 10 aromatic heterocycles. The number of nitrogens with one attached hydrogen (secondary N) is 5. The number of amides is 5. The fraction of sp³-hybridized carbons (Fsp3) is 0.393. The molecule has 0 unspecified atom stereocenters. The van der Waals surface area contributed by atoms with Crippen LogP contribution in [0.2, 0.25) is 20.1 Å². The highest BCUT2D eigenvalue weighted by atomic mass is 35.5. The summed E-state index contributed by atoms with van der Waals surface area (Å²) in [5.41, 5.74) is 17.7. The number of aryl methyl sites for hydroxylation is 7. The van der Waals surface area contributed by atoms with Crippen LogP contribution < -0.4 is 36.1 Å². The van der Waals surface area contributed by atoms with Gasteiger partial charge in [-0.2, -0.15) is 25.5 Å². The molecule has 0 radical (unpaired) electrons. The topological polar surface area (TPSA) is 358 Å². The minimum atomic E-state index is -0.299. The van der Waals surface area contributed by atoms with Crippen molar-refractivity contribution in [3.63, 3.8) is 0 Å². The lowest BCUT2D eigenvalue weighted by molar-refractivity contribution is 0.0671. The minimum Gasteiger partial charge on any atom is -0.495 e. The van der Waals surface area contributed by atoms with Crippen LogP contribution in [0.5, 0.6) is 11.5 Å². The van der Waals surface area contributed by atoms with Crippen LogP contribution in [0.4, 0.5) is 28.4 Å². The van der Waals surface area contributed by atoms with E-state index in [1.807, 2.05) is 169 Å². The standard InChI is InChI=1S/C24H30ClN5O.C22H25ClN4O2.C21H24N4O3.C20H21ClN4O3.C20H21ClN4O2/c1-5-29-12-10-19(11-13-29)30-23-21(16(4)28-30)22(25)20(14-26-23)24(31)27-18-8-6-17(7-9-18)15(2)3;1-13(2)15-4-6-16(7-5-15)25-22(28)18-12-24-21-19(20(18)23)14(3)26-27(21)17-8-10-29-11-9-17;1-13-4-6-15(7-5-13)23-21(26)17-12-22-20-18(19(17)27-3)14(2)24-25(20)16-8-10-28-11-9-16;1-12-17-18(27-2)16(20(26)23-14-5-3-13(21)4-6-14)11-22-19(17)25(24-12)15-7-9-28-10-8-15;1-12-3-5-14(6-4-12)23-20(26)16-11-22-19-17(18(16)21)13(2)24-25(19)15-7-9-27-10-8-15/h6-9,14-15,19H,5,10-13H2,1-4H3,(H,27,31);4-7,12-13,17H,8-11H2,1-3H3,(H,25,28);4-7,12,16H,8-11H2,1-3H3,(H,23,26);3-6,11,15H,7-10H2,1-2H3,(H,23,26);3-6,11,15H,7-10H2,1-2H3,(H,23,26). The van der Waals surface area contributed by atoms with Gasteiger partial charge in [0.2, 0.25) is 0 Å². The number of likely N-dealkylation sites (tertiary alicyclic amines) is 1. The van der Waals surface area contributed by atoms with E-state index in [9.17, 15) is 24.0 Å².